The Morgan fingerprint density at radius 1 is 0.806 bits per heavy atom. The zero-order valence-corrected chi connectivity index (χ0v) is 17.2. The standard InChI is InChI=1S/C27H20O4/c1-29-20-11-12-23(25(16-20)30-2)26-15-19(27(28)31-26)14-24-21-9-5-3-7-17(21)13-18-8-4-6-10-22(18)24/h3-16H,1-2H3/b19-14-. The van der Waals surface area contributed by atoms with E-state index >= 15 is 0 Å². The van der Waals surface area contributed by atoms with E-state index in [1.165, 1.54) is 0 Å². The van der Waals surface area contributed by atoms with Gasteiger partial charge in [0.05, 0.1) is 25.4 Å². The van der Waals surface area contributed by atoms with E-state index in [4.69, 9.17) is 14.2 Å². The molecule has 0 N–H and O–H groups in total. The minimum absolute atomic E-state index is 0.384. The Hall–Kier alpha value is -4.05. The largest absolute Gasteiger partial charge is 0.497 e. The van der Waals surface area contributed by atoms with Crippen molar-refractivity contribution in [3.05, 3.63) is 95.6 Å². The molecule has 1 aliphatic rings. The van der Waals surface area contributed by atoms with Gasteiger partial charge in [0.1, 0.15) is 17.3 Å². The first-order chi connectivity index (χ1) is 15.2. The van der Waals surface area contributed by atoms with Crippen LogP contribution in [0.2, 0.25) is 0 Å². The van der Waals surface area contributed by atoms with Crippen LogP contribution in [0, 0.1) is 0 Å². The number of ether oxygens (including phenoxy) is 3. The highest BCUT2D eigenvalue weighted by Gasteiger charge is 2.25. The van der Waals surface area contributed by atoms with E-state index < -0.39 is 0 Å². The van der Waals surface area contributed by atoms with Gasteiger partial charge in [0.15, 0.2) is 0 Å². The second kappa shape index (κ2) is 7.65. The van der Waals surface area contributed by atoms with Gasteiger partial charge in [0, 0.05) is 6.07 Å². The monoisotopic (exact) mass is 408 g/mol. The van der Waals surface area contributed by atoms with Gasteiger partial charge in [0.25, 0.3) is 0 Å². The Balaban J connectivity index is 1.67. The summed E-state index contributed by atoms with van der Waals surface area (Å²) in [5.74, 6) is 1.32. The normalized spacial score (nSPS) is 14.7. The molecule has 0 bridgehead atoms. The molecule has 0 fully saturated rings. The maximum atomic E-state index is 12.7. The topological polar surface area (TPSA) is 44.8 Å². The molecule has 4 nitrogen and oxygen atoms in total. The summed E-state index contributed by atoms with van der Waals surface area (Å²) in [5, 5.41) is 4.43. The van der Waals surface area contributed by atoms with Crippen molar-refractivity contribution in [3.8, 4) is 11.5 Å². The second-order valence-corrected chi connectivity index (χ2v) is 7.30. The molecule has 0 aliphatic carbocycles. The number of hydrogen-bond donors (Lipinski definition) is 0. The van der Waals surface area contributed by atoms with Crippen molar-refractivity contribution in [2.45, 2.75) is 0 Å². The van der Waals surface area contributed by atoms with Crippen molar-refractivity contribution in [3.63, 3.8) is 0 Å². The van der Waals surface area contributed by atoms with Gasteiger partial charge in [-0.2, -0.15) is 0 Å². The van der Waals surface area contributed by atoms with E-state index in [1.807, 2.05) is 42.5 Å². The van der Waals surface area contributed by atoms with Gasteiger partial charge >= 0.3 is 5.97 Å². The van der Waals surface area contributed by atoms with Crippen LogP contribution < -0.4 is 9.47 Å². The lowest BCUT2D eigenvalue weighted by molar-refractivity contribution is -0.130. The summed E-state index contributed by atoms with van der Waals surface area (Å²) < 4.78 is 16.3. The fraction of sp³-hybridized carbons (Fsp3) is 0.0741. The number of methoxy groups -OCH3 is 2. The highest BCUT2D eigenvalue weighted by molar-refractivity contribution is 6.12. The van der Waals surface area contributed by atoms with E-state index in [2.05, 4.69) is 30.3 Å². The Bertz CT molecular complexity index is 1340. The zero-order valence-electron chi connectivity index (χ0n) is 17.2. The van der Waals surface area contributed by atoms with Crippen molar-refractivity contribution in [2.24, 2.45) is 0 Å². The van der Waals surface area contributed by atoms with Crippen LogP contribution in [-0.2, 0) is 9.53 Å². The van der Waals surface area contributed by atoms with Crippen LogP contribution in [0.5, 0.6) is 11.5 Å². The number of rotatable bonds is 4. The lowest BCUT2D eigenvalue weighted by atomic mass is 9.95. The van der Waals surface area contributed by atoms with Crippen LogP contribution in [0.1, 0.15) is 11.1 Å². The van der Waals surface area contributed by atoms with Gasteiger partial charge in [-0.15, -0.1) is 0 Å². The zero-order chi connectivity index (χ0) is 21.4. The molecule has 0 amide bonds. The van der Waals surface area contributed by atoms with Crippen LogP contribution >= 0.6 is 0 Å². The molecule has 31 heavy (non-hydrogen) atoms. The van der Waals surface area contributed by atoms with Crippen LogP contribution in [0.4, 0.5) is 0 Å². The summed E-state index contributed by atoms with van der Waals surface area (Å²) in [6, 6.07) is 24.0. The SMILES string of the molecule is COc1ccc(C2=C/C(=C/c3c4ccccc4cc4ccccc34)C(=O)O2)c(OC)c1. The molecule has 0 radical (unpaired) electrons. The average molecular weight is 408 g/mol. The van der Waals surface area contributed by atoms with Crippen LogP contribution in [0.25, 0.3) is 33.4 Å². The van der Waals surface area contributed by atoms with Crippen molar-refractivity contribution in [1.29, 1.82) is 0 Å². The third kappa shape index (κ3) is 3.32. The summed E-state index contributed by atoms with van der Waals surface area (Å²) in [5.41, 5.74) is 2.19. The Morgan fingerprint density at radius 2 is 1.48 bits per heavy atom. The number of fused-ring (bicyclic) bond motifs is 2. The maximum absolute atomic E-state index is 12.7. The Labute approximate surface area is 180 Å². The molecule has 0 spiro atoms. The molecule has 1 heterocycles. The first-order valence-electron chi connectivity index (χ1n) is 9.96. The summed E-state index contributed by atoms with van der Waals surface area (Å²) >= 11 is 0. The van der Waals surface area contributed by atoms with Gasteiger partial charge in [0.2, 0.25) is 0 Å². The van der Waals surface area contributed by atoms with E-state index in [-0.39, 0.29) is 5.97 Å². The molecule has 0 saturated heterocycles. The van der Waals surface area contributed by atoms with Crippen LogP contribution in [0.3, 0.4) is 0 Å². The van der Waals surface area contributed by atoms with Gasteiger partial charge in [-0.1, -0.05) is 48.5 Å². The molecule has 0 unspecified atom stereocenters. The van der Waals surface area contributed by atoms with Gasteiger partial charge in [-0.05, 0) is 57.5 Å². The summed E-state index contributed by atoms with van der Waals surface area (Å²) in [6.07, 6.45) is 3.68. The summed E-state index contributed by atoms with van der Waals surface area (Å²) in [7, 11) is 3.17. The minimum Gasteiger partial charge on any atom is -0.497 e. The van der Waals surface area contributed by atoms with Crippen molar-refractivity contribution < 1.29 is 19.0 Å². The predicted octanol–water partition coefficient (Wildman–Crippen LogP) is 5.99. The number of carbonyl (C=O) groups is 1. The highest BCUT2D eigenvalue weighted by atomic mass is 16.5. The van der Waals surface area contributed by atoms with E-state index in [9.17, 15) is 4.79 Å². The van der Waals surface area contributed by atoms with Gasteiger partial charge in [-0.3, -0.25) is 0 Å². The van der Waals surface area contributed by atoms with Crippen molar-refractivity contribution in [2.75, 3.05) is 14.2 Å². The molecule has 152 valence electrons. The molecule has 0 atom stereocenters. The molecule has 4 heteroatoms. The van der Waals surface area contributed by atoms with E-state index in [0.717, 1.165) is 27.1 Å². The van der Waals surface area contributed by atoms with E-state index in [0.29, 0.717) is 28.4 Å². The van der Waals surface area contributed by atoms with Crippen LogP contribution in [-0.4, -0.2) is 20.2 Å². The maximum Gasteiger partial charge on any atom is 0.343 e. The van der Waals surface area contributed by atoms with Crippen molar-refractivity contribution in [1.82, 2.24) is 0 Å². The molecule has 4 aromatic rings. The third-order valence-electron chi connectivity index (χ3n) is 5.51. The fourth-order valence-electron chi connectivity index (χ4n) is 3.98. The number of esters is 1. The lowest BCUT2D eigenvalue weighted by Crippen LogP contribution is -1.99. The molecule has 0 saturated carbocycles. The number of cyclic esters (lactones) is 1. The minimum atomic E-state index is -0.384. The van der Waals surface area contributed by atoms with E-state index in [1.54, 1.807) is 26.4 Å². The van der Waals surface area contributed by atoms with Crippen LogP contribution in [0.15, 0.2) is 84.4 Å². The Kier molecular flexibility index (Phi) is 4.68. The summed E-state index contributed by atoms with van der Waals surface area (Å²) in [6.45, 7) is 0. The molecule has 5 rings (SSSR count). The average Bonchev–Trinajstić information content (AvgIpc) is 3.18. The van der Waals surface area contributed by atoms with Crippen molar-refractivity contribution >= 4 is 39.3 Å². The highest BCUT2D eigenvalue weighted by Crippen LogP contribution is 2.37. The summed E-state index contributed by atoms with van der Waals surface area (Å²) in [4.78, 5) is 12.7. The number of benzene rings is 4. The lowest BCUT2D eigenvalue weighted by Gasteiger charge is -2.10. The molecular formula is C27H20O4. The third-order valence-corrected chi connectivity index (χ3v) is 5.51. The van der Waals surface area contributed by atoms with Gasteiger partial charge in [-0.25, -0.2) is 4.79 Å². The fourth-order valence-corrected chi connectivity index (χ4v) is 3.98. The number of carbonyl (C=O) groups excluding carboxylic acids is 1. The van der Waals surface area contributed by atoms with Gasteiger partial charge < -0.3 is 14.2 Å². The smallest absolute Gasteiger partial charge is 0.343 e. The molecule has 1 aliphatic heterocycles. The molecule has 4 aromatic carbocycles. The quantitative estimate of drug-likeness (QED) is 0.236. The first-order valence-corrected chi connectivity index (χ1v) is 9.96. The predicted molar refractivity (Wildman–Crippen MR) is 123 cm³/mol. The second-order valence-electron chi connectivity index (χ2n) is 7.30. The first kappa shape index (κ1) is 18.9. The Morgan fingerprint density at radius 3 is 2.13 bits per heavy atom. The number of hydrogen-bond acceptors (Lipinski definition) is 4. The molecule has 0 aromatic heterocycles. The molecular weight excluding hydrogens is 388 g/mol.